The lowest BCUT2D eigenvalue weighted by molar-refractivity contribution is 0.199. The van der Waals surface area contributed by atoms with Gasteiger partial charge >= 0.3 is 0 Å². The third-order valence-corrected chi connectivity index (χ3v) is 5.51. The summed E-state index contributed by atoms with van der Waals surface area (Å²) in [6.07, 6.45) is 12.2. The predicted molar refractivity (Wildman–Crippen MR) is 95.6 cm³/mol. The molecule has 26 heavy (non-hydrogen) atoms. The Labute approximate surface area is 152 Å². The quantitative estimate of drug-likeness (QED) is 0.682. The van der Waals surface area contributed by atoms with Crippen LogP contribution >= 0.6 is 0 Å². The van der Waals surface area contributed by atoms with E-state index in [-0.39, 0.29) is 0 Å². The van der Waals surface area contributed by atoms with E-state index in [1.807, 2.05) is 29.4 Å². The maximum atomic E-state index is 5.19. The summed E-state index contributed by atoms with van der Waals surface area (Å²) in [5.74, 6) is 2.75. The summed E-state index contributed by atoms with van der Waals surface area (Å²) in [6, 6.07) is 4.60. The highest BCUT2D eigenvalue weighted by Gasteiger charge is 2.33. The Bertz CT molecular complexity index is 826. The fourth-order valence-corrected chi connectivity index (χ4v) is 3.98. The molecule has 3 aromatic rings. The lowest BCUT2D eigenvalue weighted by atomic mass is 9.95. The Kier molecular flexibility index (Phi) is 4.09. The van der Waals surface area contributed by atoms with Gasteiger partial charge in [0.2, 0.25) is 0 Å². The first-order valence-corrected chi connectivity index (χ1v) is 9.51. The van der Waals surface area contributed by atoms with E-state index in [2.05, 4.69) is 30.8 Å². The van der Waals surface area contributed by atoms with Gasteiger partial charge in [0, 0.05) is 36.5 Å². The number of rotatable bonds is 6. The summed E-state index contributed by atoms with van der Waals surface area (Å²) >= 11 is 0. The number of aromatic nitrogens is 5. The van der Waals surface area contributed by atoms with E-state index >= 15 is 0 Å². The summed E-state index contributed by atoms with van der Waals surface area (Å²) in [5.41, 5.74) is 1.26. The van der Waals surface area contributed by atoms with Gasteiger partial charge in [0.05, 0.1) is 12.5 Å². The highest BCUT2D eigenvalue weighted by atomic mass is 16.3. The smallest absolute Gasteiger partial charge is 0.155 e. The van der Waals surface area contributed by atoms with Crippen molar-refractivity contribution >= 4 is 0 Å². The lowest BCUT2D eigenvalue weighted by Crippen LogP contribution is -2.33. The normalized spacial score (nSPS) is 19.2. The molecule has 7 heteroatoms. The van der Waals surface area contributed by atoms with Gasteiger partial charge in [-0.2, -0.15) is 5.10 Å². The minimum absolute atomic E-state index is 0.509. The van der Waals surface area contributed by atoms with Gasteiger partial charge < -0.3 is 8.98 Å². The third kappa shape index (κ3) is 3.19. The molecule has 3 aromatic heterocycles. The molecular formula is C19H24N6O. The first kappa shape index (κ1) is 15.8. The monoisotopic (exact) mass is 352 g/mol. The highest BCUT2D eigenvalue weighted by molar-refractivity contribution is 5.10. The van der Waals surface area contributed by atoms with Crippen LogP contribution in [0.4, 0.5) is 0 Å². The molecule has 1 aliphatic carbocycles. The molecule has 1 saturated carbocycles. The minimum atomic E-state index is 0.509. The second kappa shape index (κ2) is 6.72. The molecule has 0 radical (unpaired) electrons. The zero-order valence-electron chi connectivity index (χ0n) is 14.9. The summed E-state index contributed by atoms with van der Waals surface area (Å²) in [4.78, 5) is 2.50. The molecule has 0 amide bonds. The summed E-state index contributed by atoms with van der Waals surface area (Å²) in [7, 11) is 0. The standard InChI is InChI=1S/C19H24N6O/c1-7-20-24(8-1)13-18-21-22-19(25(18)17-2-3-17)16-4-9-23(10-5-16)12-15-6-11-26-14-15/h1,6-8,11,14,16-17H,2-5,9-10,12-13H2. The number of furan rings is 1. The van der Waals surface area contributed by atoms with Crippen LogP contribution in [0.15, 0.2) is 41.5 Å². The molecule has 0 bridgehead atoms. The minimum Gasteiger partial charge on any atom is -0.472 e. The molecule has 1 aliphatic heterocycles. The maximum Gasteiger partial charge on any atom is 0.155 e. The van der Waals surface area contributed by atoms with Crippen molar-refractivity contribution in [3.63, 3.8) is 0 Å². The fourth-order valence-electron chi connectivity index (χ4n) is 3.98. The van der Waals surface area contributed by atoms with Crippen LogP contribution in [0.25, 0.3) is 0 Å². The van der Waals surface area contributed by atoms with Crippen molar-refractivity contribution < 1.29 is 4.42 Å². The van der Waals surface area contributed by atoms with Crippen molar-refractivity contribution in [1.82, 2.24) is 29.4 Å². The van der Waals surface area contributed by atoms with Crippen LogP contribution in [0, 0.1) is 0 Å². The van der Waals surface area contributed by atoms with Crippen LogP contribution in [0.3, 0.4) is 0 Å². The molecule has 4 heterocycles. The molecule has 0 atom stereocenters. The molecule has 7 nitrogen and oxygen atoms in total. The van der Waals surface area contributed by atoms with Crippen molar-refractivity contribution in [2.24, 2.45) is 0 Å². The number of hydrogen-bond donors (Lipinski definition) is 0. The second-order valence-electron chi connectivity index (χ2n) is 7.46. The van der Waals surface area contributed by atoms with Crippen LogP contribution in [-0.4, -0.2) is 42.5 Å². The van der Waals surface area contributed by atoms with Crippen LogP contribution in [0.1, 0.15) is 54.9 Å². The summed E-state index contributed by atoms with van der Waals surface area (Å²) < 4.78 is 9.53. The Hall–Kier alpha value is -2.41. The van der Waals surface area contributed by atoms with Crippen LogP contribution < -0.4 is 0 Å². The Morgan fingerprint density at radius 2 is 1.96 bits per heavy atom. The van der Waals surface area contributed by atoms with Gasteiger partial charge in [-0.3, -0.25) is 9.58 Å². The van der Waals surface area contributed by atoms with Gasteiger partial charge in [-0.15, -0.1) is 10.2 Å². The Balaban J connectivity index is 1.29. The molecule has 0 aromatic carbocycles. The van der Waals surface area contributed by atoms with Crippen molar-refractivity contribution in [3.05, 3.63) is 54.3 Å². The largest absolute Gasteiger partial charge is 0.472 e. The zero-order chi connectivity index (χ0) is 17.3. The molecule has 0 unspecified atom stereocenters. The molecular weight excluding hydrogens is 328 g/mol. The van der Waals surface area contributed by atoms with E-state index in [4.69, 9.17) is 4.42 Å². The average Bonchev–Trinajstić information content (AvgIpc) is 3.07. The van der Waals surface area contributed by atoms with E-state index in [1.54, 1.807) is 6.26 Å². The SMILES string of the molecule is c1cnn(Cc2nnc(C3CCN(Cc4ccoc4)CC3)n2C2CC2)c1. The summed E-state index contributed by atoms with van der Waals surface area (Å²) in [6.45, 7) is 3.88. The van der Waals surface area contributed by atoms with E-state index in [0.29, 0.717) is 18.5 Å². The van der Waals surface area contributed by atoms with Crippen molar-refractivity contribution in [3.8, 4) is 0 Å². The number of nitrogens with zero attached hydrogens (tertiary/aromatic N) is 6. The first-order valence-electron chi connectivity index (χ1n) is 9.51. The Morgan fingerprint density at radius 1 is 1.08 bits per heavy atom. The third-order valence-electron chi connectivity index (χ3n) is 5.51. The lowest BCUT2D eigenvalue weighted by Gasteiger charge is -2.31. The van der Waals surface area contributed by atoms with Gasteiger partial charge in [0.15, 0.2) is 5.82 Å². The number of likely N-dealkylation sites (tertiary alicyclic amines) is 1. The van der Waals surface area contributed by atoms with Gasteiger partial charge in [-0.05, 0) is 50.9 Å². The first-order chi connectivity index (χ1) is 12.9. The molecule has 2 aliphatic rings. The second-order valence-corrected chi connectivity index (χ2v) is 7.46. The average molecular weight is 352 g/mol. The molecule has 136 valence electrons. The van der Waals surface area contributed by atoms with Gasteiger partial charge in [0.25, 0.3) is 0 Å². The summed E-state index contributed by atoms with van der Waals surface area (Å²) in [5, 5.41) is 13.5. The maximum absolute atomic E-state index is 5.19. The van der Waals surface area contributed by atoms with Gasteiger partial charge in [0.1, 0.15) is 12.4 Å². The van der Waals surface area contributed by atoms with E-state index < -0.39 is 0 Å². The highest BCUT2D eigenvalue weighted by Crippen LogP contribution is 2.40. The van der Waals surface area contributed by atoms with Crippen molar-refractivity contribution in [2.45, 2.75) is 50.7 Å². The van der Waals surface area contributed by atoms with Crippen LogP contribution in [0.5, 0.6) is 0 Å². The fraction of sp³-hybridized carbons (Fsp3) is 0.526. The predicted octanol–water partition coefficient (Wildman–Crippen LogP) is 2.83. The van der Waals surface area contributed by atoms with Crippen molar-refractivity contribution in [2.75, 3.05) is 13.1 Å². The zero-order valence-corrected chi connectivity index (χ0v) is 14.9. The van der Waals surface area contributed by atoms with Crippen LogP contribution in [-0.2, 0) is 13.1 Å². The van der Waals surface area contributed by atoms with E-state index in [9.17, 15) is 0 Å². The molecule has 1 saturated heterocycles. The molecule has 0 N–H and O–H groups in total. The van der Waals surface area contributed by atoms with Crippen molar-refractivity contribution in [1.29, 1.82) is 0 Å². The molecule has 5 rings (SSSR count). The molecule has 2 fully saturated rings. The van der Waals surface area contributed by atoms with E-state index in [0.717, 1.165) is 38.3 Å². The van der Waals surface area contributed by atoms with E-state index in [1.165, 1.54) is 24.2 Å². The molecule has 0 spiro atoms. The van der Waals surface area contributed by atoms with Crippen LogP contribution in [0.2, 0.25) is 0 Å². The topological polar surface area (TPSA) is 64.9 Å². The Morgan fingerprint density at radius 3 is 2.65 bits per heavy atom. The number of hydrogen-bond acceptors (Lipinski definition) is 5. The van der Waals surface area contributed by atoms with Gasteiger partial charge in [-0.1, -0.05) is 0 Å². The van der Waals surface area contributed by atoms with Gasteiger partial charge in [-0.25, -0.2) is 0 Å². The number of piperidine rings is 1.